The van der Waals surface area contributed by atoms with Gasteiger partial charge in [0.2, 0.25) is 5.91 Å². The zero-order valence-electron chi connectivity index (χ0n) is 15.1. The molecular formula is C20H17N5O3. The molecule has 0 atom stereocenters. The molecule has 0 fully saturated rings. The maximum atomic E-state index is 12.5. The quantitative estimate of drug-likeness (QED) is 0.579. The summed E-state index contributed by atoms with van der Waals surface area (Å²) in [7, 11) is 1.70. The van der Waals surface area contributed by atoms with Crippen molar-refractivity contribution in [1.82, 2.24) is 19.3 Å². The van der Waals surface area contributed by atoms with E-state index in [2.05, 4.69) is 15.4 Å². The number of ether oxygens (including phenoxy) is 1. The van der Waals surface area contributed by atoms with E-state index in [4.69, 9.17) is 4.74 Å². The zero-order chi connectivity index (χ0) is 19.5. The molecule has 8 heteroatoms. The van der Waals surface area contributed by atoms with Crippen molar-refractivity contribution in [2.75, 3.05) is 5.32 Å². The maximum absolute atomic E-state index is 12.5. The lowest BCUT2D eigenvalue weighted by Gasteiger charge is -2.10. The second-order valence-electron chi connectivity index (χ2n) is 6.17. The molecule has 1 N–H and O–H groups in total. The van der Waals surface area contributed by atoms with Gasteiger partial charge in [0.15, 0.2) is 5.65 Å². The summed E-state index contributed by atoms with van der Waals surface area (Å²) >= 11 is 0. The molecule has 0 bridgehead atoms. The number of anilines is 1. The number of hydrogen-bond donors (Lipinski definition) is 1. The summed E-state index contributed by atoms with van der Waals surface area (Å²) in [6.45, 7) is -0.152. The fourth-order valence-electron chi connectivity index (χ4n) is 2.80. The van der Waals surface area contributed by atoms with Crippen molar-refractivity contribution in [2.24, 2.45) is 7.05 Å². The molecule has 28 heavy (non-hydrogen) atoms. The molecule has 2 heterocycles. The van der Waals surface area contributed by atoms with Gasteiger partial charge in [-0.1, -0.05) is 24.3 Å². The molecule has 0 aliphatic heterocycles. The fourth-order valence-corrected chi connectivity index (χ4v) is 2.80. The molecule has 0 radical (unpaired) electrons. The van der Waals surface area contributed by atoms with Crippen LogP contribution in [0.2, 0.25) is 0 Å². The van der Waals surface area contributed by atoms with Gasteiger partial charge in [0.1, 0.15) is 29.8 Å². The molecule has 1 amide bonds. The van der Waals surface area contributed by atoms with Gasteiger partial charge in [-0.25, -0.2) is 4.98 Å². The molecule has 0 aliphatic rings. The number of aryl methyl sites for hydroxylation is 1. The molecule has 0 unspecified atom stereocenters. The lowest BCUT2D eigenvalue weighted by atomic mass is 10.3. The third-order valence-electron chi connectivity index (χ3n) is 4.13. The number of rotatable bonds is 5. The Bertz CT molecular complexity index is 1200. The van der Waals surface area contributed by atoms with Crippen molar-refractivity contribution in [3.63, 3.8) is 0 Å². The number of nitrogens with one attached hydrogen (secondary N) is 1. The standard InChI is InChI=1S/C20H17N5O3/c1-24-19-17(11-22-24)20(27)25(13-21-19)12-18(26)23-14-6-5-9-16(10-14)28-15-7-3-2-4-8-15/h2-11,13H,12H2,1H3,(H,23,26). The van der Waals surface area contributed by atoms with Crippen LogP contribution in [0.25, 0.3) is 11.0 Å². The summed E-state index contributed by atoms with van der Waals surface area (Å²) in [5, 5.41) is 7.16. The second kappa shape index (κ2) is 7.36. The first kappa shape index (κ1) is 17.5. The van der Waals surface area contributed by atoms with Crippen molar-refractivity contribution in [2.45, 2.75) is 6.54 Å². The third kappa shape index (κ3) is 3.61. The molecule has 2 aromatic heterocycles. The van der Waals surface area contributed by atoms with E-state index in [0.717, 1.165) is 0 Å². The number of fused-ring (bicyclic) bond motifs is 1. The Balaban J connectivity index is 1.47. The van der Waals surface area contributed by atoms with Crippen LogP contribution in [0.15, 0.2) is 71.9 Å². The van der Waals surface area contributed by atoms with Crippen LogP contribution in [0.4, 0.5) is 5.69 Å². The van der Waals surface area contributed by atoms with Crippen LogP contribution < -0.4 is 15.6 Å². The van der Waals surface area contributed by atoms with E-state index in [-0.39, 0.29) is 18.0 Å². The first-order valence-corrected chi connectivity index (χ1v) is 8.60. The minimum Gasteiger partial charge on any atom is -0.457 e. The predicted octanol–water partition coefficient (Wildman–Crippen LogP) is 2.56. The van der Waals surface area contributed by atoms with E-state index in [9.17, 15) is 9.59 Å². The van der Waals surface area contributed by atoms with Gasteiger partial charge in [-0.15, -0.1) is 0 Å². The second-order valence-corrected chi connectivity index (χ2v) is 6.17. The number of carbonyl (C=O) groups is 1. The van der Waals surface area contributed by atoms with E-state index in [1.165, 1.54) is 21.8 Å². The number of benzene rings is 2. The number of carbonyl (C=O) groups excluding carboxylic acids is 1. The van der Waals surface area contributed by atoms with Crippen LogP contribution in [-0.4, -0.2) is 25.2 Å². The van der Waals surface area contributed by atoms with Crippen LogP contribution >= 0.6 is 0 Å². The third-order valence-corrected chi connectivity index (χ3v) is 4.13. The summed E-state index contributed by atoms with van der Waals surface area (Å²) in [6, 6.07) is 16.4. The van der Waals surface area contributed by atoms with E-state index in [1.54, 1.807) is 31.3 Å². The Morgan fingerprint density at radius 2 is 1.89 bits per heavy atom. The van der Waals surface area contributed by atoms with Gasteiger partial charge in [-0.3, -0.25) is 18.8 Å². The largest absolute Gasteiger partial charge is 0.457 e. The van der Waals surface area contributed by atoms with Gasteiger partial charge < -0.3 is 10.1 Å². The Labute approximate surface area is 160 Å². The zero-order valence-corrected chi connectivity index (χ0v) is 15.1. The van der Waals surface area contributed by atoms with E-state index < -0.39 is 0 Å². The highest BCUT2D eigenvalue weighted by atomic mass is 16.5. The van der Waals surface area contributed by atoms with Crippen LogP contribution in [0.5, 0.6) is 11.5 Å². The number of aromatic nitrogens is 4. The summed E-state index contributed by atoms with van der Waals surface area (Å²) < 4.78 is 8.53. The van der Waals surface area contributed by atoms with Gasteiger partial charge >= 0.3 is 0 Å². The van der Waals surface area contributed by atoms with Crippen LogP contribution in [0.3, 0.4) is 0 Å². The Hall–Kier alpha value is -3.94. The van der Waals surface area contributed by atoms with Gasteiger partial charge in [0.05, 0.1) is 6.20 Å². The van der Waals surface area contributed by atoms with Crippen molar-refractivity contribution < 1.29 is 9.53 Å². The molecule has 2 aromatic carbocycles. The van der Waals surface area contributed by atoms with E-state index in [1.807, 2.05) is 30.3 Å². The summed E-state index contributed by atoms with van der Waals surface area (Å²) in [5.41, 5.74) is 0.740. The average molecular weight is 375 g/mol. The molecule has 0 aliphatic carbocycles. The van der Waals surface area contributed by atoms with E-state index >= 15 is 0 Å². The Morgan fingerprint density at radius 3 is 2.71 bits per heavy atom. The number of hydrogen-bond acceptors (Lipinski definition) is 5. The first-order valence-electron chi connectivity index (χ1n) is 8.60. The maximum Gasteiger partial charge on any atom is 0.264 e. The Kier molecular flexibility index (Phi) is 4.59. The highest BCUT2D eigenvalue weighted by Crippen LogP contribution is 2.23. The van der Waals surface area contributed by atoms with Crippen LogP contribution in [-0.2, 0) is 18.4 Å². The fraction of sp³-hybridized carbons (Fsp3) is 0.100. The molecule has 0 saturated carbocycles. The van der Waals surface area contributed by atoms with Crippen molar-refractivity contribution in [3.8, 4) is 11.5 Å². The van der Waals surface area contributed by atoms with E-state index in [0.29, 0.717) is 28.2 Å². The first-order chi connectivity index (χ1) is 13.6. The lowest BCUT2D eigenvalue weighted by molar-refractivity contribution is -0.116. The minimum absolute atomic E-state index is 0.152. The normalized spacial score (nSPS) is 10.8. The number of nitrogens with zero attached hydrogens (tertiary/aromatic N) is 4. The number of amides is 1. The van der Waals surface area contributed by atoms with Gasteiger partial charge in [0.25, 0.3) is 5.56 Å². The van der Waals surface area contributed by atoms with Crippen molar-refractivity contribution in [3.05, 3.63) is 77.5 Å². The summed E-state index contributed by atoms with van der Waals surface area (Å²) in [5.74, 6) is 0.956. The smallest absolute Gasteiger partial charge is 0.264 e. The SMILES string of the molecule is Cn1ncc2c(=O)n(CC(=O)Nc3cccc(Oc4ccccc4)c3)cnc21. The molecule has 4 aromatic rings. The van der Waals surface area contributed by atoms with Crippen molar-refractivity contribution >= 4 is 22.6 Å². The monoisotopic (exact) mass is 375 g/mol. The highest BCUT2D eigenvalue weighted by Gasteiger charge is 2.11. The van der Waals surface area contributed by atoms with Crippen molar-refractivity contribution in [1.29, 1.82) is 0 Å². The van der Waals surface area contributed by atoms with Crippen LogP contribution in [0.1, 0.15) is 0 Å². The lowest BCUT2D eigenvalue weighted by Crippen LogP contribution is -2.27. The summed E-state index contributed by atoms with van der Waals surface area (Å²) in [4.78, 5) is 29.0. The molecule has 140 valence electrons. The van der Waals surface area contributed by atoms with Gasteiger partial charge in [-0.2, -0.15) is 5.10 Å². The van der Waals surface area contributed by atoms with Gasteiger partial charge in [0, 0.05) is 18.8 Å². The minimum atomic E-state index is -0.344. The molecule has 0 saturated heterocycles. The van der Waals surface area contributed by atoms with Crippen LogP contribution in [0, 0.1) is 0 Å². The molecule has 4 rings (SSSR count). The van der Waals surface area contributed by atoms with Gasteiger partial charge in [-0.05, 0) is 24.3 Å². The highest BCUT2D eigenvalue weighted by molar-refractivity contribution is 5.90. The average Bonchev–Trinajstić information content (AvgIpc) is 3.07. The topological polar surface area (TPSA) is 91.0 Å². The number of para-hydroxylation sites is 1. The molecule has 0 spiro atoms. The molecule has 8 nitrogen and oxygen atoms in total. The predicted molar refractivity (Wildman–Crippen MR) is 104 cm³/mol. The molecular weight excluding hydrogens is 358 g/mol. The Morgan fingerprint density at radius 1 is 1.11 bits per heavy atom. The summed E-state index contributed by atoms with van der Waals surface area (Å²) in [6.07, 6.45) is 2.80.